The summed E-state index contributed by atoms with van der Waals surface area (Å²) in [6.45, 7) is 0. The molecule has 1 fully saturated rings. The van der Waals surface area contributed by atoms with Crippen LogP contribution in [0.25, 0.3) is 0 Å². The largest absolute Gasteiger partial charge is 0.481 e. The first-order valence-electron chi connectivity index (χ1n) is 5.69. The zero-order chi connectivity index (χ0) is 12.5. The maximum absolute atomic E-state index is 13.8. The average molecular weight is 240 g/mol. The fourth-order valence-electron chi connectivity index (χ4n) is 1.87. The van der Waals surface area contributed by atoms with Crippen molar-refractivity contribution in [1.29, 1.82) is 0 Å². The minimum atomic E-state index is -2.76. The second-order valence-corrected chi connectivity index (χ2v) is 4.49. The SMILES string of the molecule is O=C(O)CCc1cccc(C(F)(F)C2CC2)c1. The monoisotopic (exact) mass is 240 g/mol. The smallest absolute Gasteiger partial charge is 0.303 e. The predicted molar refractivity (Wildman–Crippen MR) is 59.0 cm³/mol. The van der Waals surface area contributed by atoms with Crippen LogP contribution in [0.5, 0.6) is 0 Å². The molecule has 0 heterocycles. The maximum atomic E-state index is 13.8. The van der Waals surface area contributed by atoms with E-state index in [1.807, 2.05) is 0 Å². The number of carbonyl (C=O) groups is 1. The fourth-order valence-corrected chi connectivity index (χ4v) is 1.87. The van der Waals surface area contributed by atoms with Crippen molar-refractivity contribution >= 4 is 5.97 Å². The van der Waals surface area contributed by atoms with E-state index in [1.165, 1.54) is 12.1 Å². The Bertz CT molecular complexity index is 425. The molecule has 0 atom stereocenters. The van der Waals surface area contributed by atoms with Gasteiger partial charge in [-0.2, -0.15) is 0 Å². The highest BCUT2D eigenvalue weighted by Gasteiger charge is 2.47. The lowest BCUT2D eigenvalue weighted by Crippen LogP contribution is -2.16. The molecule has 0 aromatic heterocycles. The molecule has 0 amide bonds. The fraction of sp³-hybridized carbons (Fsp3) is 0.462. The quantitative estimate of drug-likeness (QED) is 0.858. The van der Waals surface area contributed by atoms with Crippen molar-refractivity contribution in [2.75, 3.05) is 0 Å². The number of carboxylic acids is 1. The summed E-state index contributed by atoms with van der Waals surface area (Å²) in [7, 11) is 0. The van der Waals surface area contributed by atoms with Crippen molar-refractivity contribution in [2.24, 2.45) is 5.92 Å². The molecular formula is C13H14F2O2. The van der Waals surface area contributed by atoms with Crippen molar-refractivity contribution in [1.82, 2.24) is 0 Å². The molecule has 1 aliphatic rings. The zero-order valence-corrected chi connectivity index (χ0v) is 9.33. The van der Waals surface area contributed by atoms with E-state index in [-0.39, 0.29) is 12.0 Å². The lowest BCUT2D eigenvalue weighted by atomic mass is 10.00. The summed E-state index contributed by atoms with van der Waals surface area (Å²) >= 11 is 0. The van der Waals surface area contributed by atoms with E-state index in [0.29, 0.717) is 24.8 Å². The van der Waals surface area contributed by atoms with Crippen LogP contribution in [0, 0.1) is 5.92 Å². The molecule has 4 heteroatoms. The first kappa shape index (κ1) is 12.0. The van der Waals surface area contributed by atoms with Crippen molar-refractivity contribution in [3.05, 3.63) is 35.4 Å². The van der Waals surface area contributed by atoms with Crippen LogP contribution in [0.1, 0.15) is 30.4 Å². The molecule has 0 spiro atoms. The van der Waals surface area contributed by atoms with Crippen LogP contribution < -0.4 is 0 Å². The summed E-state index contributed by atoms with van der Waals surface area (Å²) < 4.78 is 27.6. The molecule has 1 saturated carbocycles. The average Bonchev–Trinajstić information content (AvgIpc) is 3.11. The van der Waals surface area contributed by atoms with Crippen molar-refractivity contribution in [2.45, 2.75) is 31.6 Å². The van der Waals surface area contributed by atoms with E-state index < -0.39 is 17.8 Å². The number of alkyl halides is 2. The minimum Gasteiger partial charge on any atom is -0.481 e. The molecule has 0 saturated heterocycles. The summed E-state index contributed by atoms with van der Waals surface area (Å²) in [5, 5.41) is 8.55. The minimum absolute atomic E-state index is 0.0166. The Morgan fingerprint density at radius 2 is 2.12 bits per heavy atom. The number of aryl methyl sites for hydroxylation is 1. The third-order valence-corrected chi connectivity index (χ3v) is 3.03. The Labute approximate surface area is 98.3 Å². The van der Waals surface area contributed by atoms with E-state index in [0.717, 1.165) is 0 Å². The van der Waals surface area contributed by atoms with E-state index in [9.17, 15) is 13.6 Å². The standard InChI is InChI=1S/C13H14F2O2/c14-13(15,10-5-6-10)11-3-1-2-9(8-11)4-7-12(16)17/h1-3,8,10H,4-7H2,(H,16,17). The molecular weight excluding hydrogens is 226 g/mol. The zero-order valence-electron chi connectivity index (χ0n) is 9.33. The second kappa shape index (κ2) is 4.43. The van der Waals surface area contributed by atoms with Crippen molar-refractivity contribution in [3.8, 4) is 0 Å². The van der Waals surface area contributed by atoms with Gasteiger partial charge in [0, 0.05) is 17.9 Å². The maximum Gasteiger partial charge on any atom is 0.303 e. The number of rotatable bonds is 5. The number of halogens is 2. The Morgan fingerprint density at radius 3 is 2.71 bits per heavy atom. The van der Waals surface area contributed by atoms with Gasteiger partial charge in [0.1, 0.15) is 0 Å². The first-order valence-corrected chi connectivity index (χ1v) is 5.69. The van der Waals surface area contributed by atoms with Crippen LogP contribution in [0.4, 0.5) is 8.78 Å². The molecule has 1 aromatic carbocycles. The summed E-state index contributed by atoms with van der Waals surface area (Å²) in [6.07, 6.45) is 1.42. The molecule has 2 rings (SSSR count). The lowest BCUT2D eigenvalue weighted by molar-refractivity contribution is -0.136. The van der Waals surface area contributed by atoms with Gasteiger partial charge in [-0.1, -0.05) is 18.2 Å². The van der Waals surface area contributed by atoms with E-state index in [2.05, 4.69) is 0 Å². The molecule has 2 nitrogen and oxygen atoms in total. The number of hydrogen-bond acceptors (Lipinski definition) is 1. The van der Waals surface area contributed by atoms with Gasteiger partial charge in [0.2, 0.25) is 0 Å². The van der Waals surface area contributed by atoms with E-state index >= 15 is 0 Å². The number of hydrogen-bond donors (Lipinski definition) is 1. The van der Waals surface area contributed by atoms with Crippen LogP contribution >= 0.6 is 0 Å². The van der Waals surface area contributed by atoms with Crippen LogP contribution in [0.3, 0.4) is 0 Å². The highest BCUT2D eigenvalue weighted by molar-refractivity contribution is 5.67. The topological polar surface area (TPSA) is 37.3 Å². The van der Waals surface area contributed by atoms with E-state index in [4.69, 9.17) is 5.11 Å². The molecule has 1 aliphatic carbocycles. The van der Waals surface area contributed by atoms with Gasteiger partial charge < -0.3 is 5.11 Å². The Balaban J connectivity index is 2.13. The normalized spacial score (nSPS) is 15.9. The second-order valence-electron chi connectivity index (χ2n) is 4.49. The summed E-state index contributed by atoms with van der Waals surface area (Å²) in [5.41, 5.74) is 0.674. The Kier molecular flexibility index (Phi) is 3.13. The molecule has 0 radical (unpaired) electrons. The van der Waals surface area contributed by atoms with Gasteiger partial charge in [-0.3, -0.25) is 4.79 Å². The molecule has 0 aliphatic heterocycles. The highest BCUT2D eigenvalue weighted by atomic mass is 19.3. The van der Waals surface area contributed by atoms with Gasteiger partial charge in [-0.15, -0.1) is 0 Å². The Hall–Kier alpha value is -1.45. The van der Waals surface area contributed by atoms with Crippen molar-refractivity contribution in [3.63, 3.8) is 0 Å². The van der Waals surface area contributed by atoms with Crippen LogP contribution in [0.15, 0.2) is 24.3 Å². The van der Waals surface area contributed by atoms with E-state index in [1.54, 1.807) is 12.1 Å². The van der Waals surface area contributed by atoms with Gasteiger partial charge in [0.25, 0.3) is 5.92 Å². The lowest BCUT2D eigenvalue weighted by Gasteiger charge is -2.16. The van der Waals surface area contributed by atoms with Crippen LogP contribution in [-0.4, -0.2) is 11.1 Å². The van der Waals surface area contributed by atoms with Gasteiger partial charge in [-0.05, 0) is 30.9 Å². The number of aliphatic carboxylic acids is 1. The molecule has 1 N–H and O–H groups in total. The summed E-state index contributed by atoms with van der Waals surface area (Å²) in [5.74, 6) is -4.21. The van der Waals surface area contributed by atoms with Crippen LogP contribution in [0.2, 0.25) is 0 Å². The third kappa shape index (κ3) is 2.81. The van der Waals surface area contributed by atoms with Gasteiger partial charge >= 0.3 is 5.97 Å². The molecule has 1 aromatic rings. The Morgan fingerprint density at radius 1 is 1.41 bits per heavy atom. The first-order chi connectivity index (χ1) is 8.00. The molecule has 0 bridgehead atoms. The molecule has 17 heavy (non-hydrogen) atoms. The van der Waals surface area contributed by atoms with Crippen molar-refractivity contribution < 1.29 is 18.7 Å². The number of carboxylic acid groups (broad SMARTS) is 1. The molecule has 0 unspecified atom stereocenters. The van der Waals surface area contributed by atoms with Crippen LogP contribution in [-0.2, 0) is 17.1 Å². The predicted octanol–water partition coefficient (Wildman–Crippen LogP) is 3.21. The summed E-state index contributed by atoms with van der Waals surface area (Å²) in [6, 6.07) is 6.11. The van der Waals surface area contributed by atoms with Gasteiger partial charge in [0.15, 0.2) is 0 Å². The molecule has 92 valence electrons. The summed E-state index contributed by atoms with van der Waals surface area (Å²) in [4.78, 5) is 10.4. The van der Waals surface area contributed by atoms with Gasteiger partial charge in [0.05, 0.1) is 0 Å². The van der Waals surface area contributed by atoms with Gasteiger partial charge in [-0.25, -0.2) is 8.78 Å². The highest BCUT2D eigenvalue weighted by Crippen LogP contribution is 2.49. The number of benzene rings is 1. The third-order valence-electron chi connectivity index (χ3n) is 3.03.